The largest absolute Gasteiger partial charge is 0.350 e. The van der Waals surface area contributed by atoms with Crippen molar-refractivity contribution in [2.24, 2.45) is 0 Å². The van der Waals surface area contributed by atoms with Gasteiger partial charge >= 0.3 is 0 Å². The van der Waals surface area contributed by atoms with E-state index in [1.807, 2.05) is 30.3 Å². The Labute approximate surface area is 118 Å². The van der Waals surface area contributed by atoms with Gasteiger partial charge in [0.25, 0.3) is 5.91 Å². The fourth-order valence-electron chi connectivity index (χ4n) is 1.48. The van der Waals surface area contributed by atoms with Crippen molar-refractivity contribution in [3.63, 3.8) is 0 Å². The van der Waals surface area contributed by atoms with Gasteiger partial charge in [-0.2, -0.15) is 0 Å². The van der Waals surface area contributed by atoms with E-state index < -0.39 is 0 Å². The summed E-state index contributed by atoms with van der Waals surface area (Å²) in [5.74, 6) is -0.122. The standard InChI is InChI=1S/C12H12BrN3OS/c1-8-11(18-16-15-8)12(17)14-7-10(13)9-5-3-2-4-6-9/h2-6,10H,7H2,1H3,(H,14,17). The van der Waals surface area contributed by atoms with E-state index in [-0.39, 0.29) is 10.7 Å². The van der Waals surface area contributed by atoms with Crippen LogP contribution in [0.2, 0.25) is 0 Å². The Hall–Kier alpha value is -1.27. The maximum absolute atomic E-state index is 11.9. The monoisotopic (exact) mass is 325 g/mol. The number of halogens is 1. The Morgan fingerprint density at radius 1 is 1.44 bits per heavy atom. The first-order valence-electron chi connectivity index (χ1n) is 5.44. The van der Waals surface area contributed by atoms with Crippen LogP contribution in [0.25, 0.3) is 0 Å². The molecule has 0 radical (unpaired) electrons. The Kier molecular flexibility index (Phi) is 4.43. The zero-order valence-electron chi connectivity index (χ0n) is 9.76. The fraction of sp³-hybridized carbons (Fsp3) is 0.250. The second kappa shape index (κ2) is 6.06. The maximum atomic E-state index is 11.9. The third-order valence-corrected chi connectivity index (χ3v) is 4.14. The molecule has 0 saturated carbocycles. The SMILES string of the molecule is Cc1nnsc1C(=O)NCC(Br)c1ccccc1. The van der Waals surface area contributed by atoms with E-state index in [0.29, 0.717) is 17.1 Å². The highest BCUT2D eigenvalue weighted by Crippen LogP contribution is 2.21. The number of carbonyl (C=O) groups excluding carboxylic acids is 1. The lowest BCUT2D eigenvalue weighted by atomic mass is 10.1. The highest BCUT2D eigenvalue weighted by atomic mass is 79.9. The molecule has 1 heterocycles. The molecule has 2 rings (SSSR count). The van der Waals surface area contributed by atoms with Gasteiger partial charge < -0.3 is 5.32 Å². The summed E-state index contributed by atoms with van der Waals surface area (Å²) < 4.78 is 3.75. The van der Waals surface area contributed by atoms with Gasteiger partial charge in [0.05, 0.1) is 10.5 Å². The number of hydrogen-bond acceptors (Lipinski definition) is 4. The Morgan fingerprint density at radius 2 is 2.17 bits per heavy atom. The van der Waals surface area contributed by atoms with Crippen LogP contribution in [0.15, 0.2) is 30.3 Å². The zero-order chi connectivity index (χ0) is 13.0. The molecule has 1 unspecified atom stereocenters. The van der Waals surface area contributed by atoms with Gasteiger partial charge in [-0.25, -0.2) is 0 Å². The van der Waals surface area contributed by atoms with Crippen molar-refractivity contribution < 1.29 is 4.79 Å². The van der Waals surface area contributed by atoms with Crippen LogP contribution in [0.3, 0.4) is 0 Å². The van der Waals surface area contributed by atoms with Crippen LogP contribution in [-0.4, -0.2) is 22.0 Å². The minimum absolute atomic E-state index is 0.101. The van der Waals surface area contributed by atoms with E-state index in [1.165, 1.54) is 0 Å². The van der Waals surface area contributed by atoms with Gasteiger partial charge in [-0.05, 0) is 24.0 Å². The van der Waals surface area contributed by atoms with Crippen LogP contribution in [0, 0.1) is 6.92 Å². The van der Waals surface area contributed by atoms with Crippen LogP contribution < -0.4 is 5.32 Å². The first-order valence-corrected chi connectivity index (χ1v) is 7.13. The van der Waals surface area contributed by atoms with Gasteiger partial charge in [-0.15, -0.1) is 5.10 Å². The van der Waals surface area contributed by atoms with Gasteiger partial charge in [0.1, 0.15) is 4.88 Å². The molecule has 0 spiro atoms. The second-order valence-electron chi connectivity index (χ2n) is 3.78. The third kappa shape index (κ3) is 3.14. The molecule has 0 fully saturated rings. The van der Waals surface area contributed by atoms with Crippen LogP contribution in [-0.2, 0) is 0 Å². The van der Waals surface area contributed by atoms with E-state index in [9.17, 15) is 4.79 Å². The quantitative estimate of drug-likeness (QED) is 0.879. The number of benzene rings is 1. The summed E-state index contributed by atoms with van der Waals surface area (Å²) >= 11 is 4.67. The molecular weight excluding hydrogens is 314 g/mol. The van der Waals surface area contributed by atoms with Crippen LogP contribution in [0.5, 0.6) is 0 Å². The van der Waals surface area contributed by atoms with Crippen molar-refractivity contribution in [3.05, 3.63) is 46.5 Å². The molecule has 1 aromatic carbocycles. The first-order chi connectivity index (χ1) is 8.68. The normalized spacial score (nSPS) is 12.1. The molecule has 2 aromatic rings. The molecule has 94 valence electrons. The number of carbonyl (C=O) groups is 1. The summed E-state index contributed by atoms with van der Waals surface area (Å²) in [5, 5.41) is 6.69. The van der Waals surface area contributed by atoms with Crippen molar-refractivity contribution in [2.75, 3.05) is 6.54 Å². The lowest BCUT2D eigenvalue weighted by Gasteiger charge is -2.10. The molecule has 6 heteroatoms. The Morgan fingerprint density at radius 3 is 2.78 bits per heavy atom. The average molecular weight is 326 g/mol. The van der Waals surface area contributed by atoms with E-state index in [2.05, 4.69) is 30.8 Å². The van der Waals surface area contributed by atoms with Gasteiger partial charge in [0.2, 0.25) is 0 Å². The molecule has 0 aliphatic rings. The predicted molar refractivity (Wildman–Crippen MR) is 75.1 cm³/mol. The van der Waals surface area contributed by atoms with E-state index in [0.717, 1.165) is 17.1 Å². The lowest BCUT2D eigenvalue weighted by molar-refractivity contribution is 0.0957. The third-order valence-electron chi connectivity index (χ3n) is 2.46. The molecule has 0 saturated heterocycles. The number of aromatic nitrogens is 2. The van der Waals surface area contributed by atoms with Crippen molar-refractivity contribution >= 4 is 33.4 Å². The summed E-state index contributed by atoms with van der Waals surface area (Å²) in [6.07, 6.45) is 0. The van der Waals surface area contributed by atoms with Crippen molar-refractivity contribution in [1.29, 1.82) is 0 Å². The van der Waals surface area contributed by atoms with E-state index >= 15 is 0 Å². The molecule has 1 amide bonds. The highest BCUT2D eigenvalue weighted by Gasteiger charge is 2.14. The lowest BCUT2D eigenvalue weighted by Crippen LogP contribution is -2.26. The zero-order valence-corrected chi connectivity index (χ0v) is 12.2. The molecule has 0 aliphatic carbocycles. The summed E-state index contributed by atoms with van der Waals surface area (Å²) in [5.41, 5.74) is 1.81. The molecule has 1 N–H and O–H groups in total. The molecular formula is C12H12BrN3OS. The minimum Gasteiger partial charge on any atom is -0.350 e. The molecule has 1 aromatic heterocycles. The van der Waals surface area contributed by atoms with Gasteiger partial charge in [-0.3, -0.25) is 4.79 Å². The second-order valence-corrected chi connectivity index (χ2v) is 5.64. The summed E-state index contributed by atoms with van der Waals surface area (Å²) in [6.45, 7) is 2.31. The van der Waals surface area contributed by atoms with Gasteiger partial charge in [0, 0.05) is 6.54 Å². The van der Waals surface area contributed by atoms with E-state index in [4.69, 9.17) is 0 Å². The van der Waals surface area contributed by atoms with Gasteiger partial charge in [-0.1, -0.05) is 50.8 Å². The average Bonchev–Trinajstić information content (AvgIpc) is 2.83. The number of aryl methyl sites for hydroxylation is 1. The number of amides is 1. The highest BCUT2D eigenvalue weighted by molar-refractivity contribution is 9.09. The Bertz CT molecular complexity index is 529. The molecule has 0 aliphatic heterocycles. The Balaban J connectivity index is 1.93. The van der Waals surface area contributed by atoms with Crippen LogP contribution in [0.4, 0.5) is 0 Å². The predicted octanol–water partition coefficient (Wildman–Crippen LogP) is 2.71. The van der Waals surface area contributed by atoms with E-state index in [1.54, 1.807) is 6.92 Å². The number of nitrogens with zero attached hydrogens (tertiary/aromatic N) is 2. The topological polar surface area (TPSA) is 54.9 Å². The summed E-state index contributed by atoms with van der Waals surface area (Å²) in [7, 11) is 0. The molecule has 0 bridgehead atoms. The number of rotatable bonds is 4. The number of hydrogen-bond donors (Lipinski definition) is 1. The summed E-state index contributed by atoms with van der Waals surface area (Å²) in [4.78, 5) is 12.5. The minimum atomic E-state index is -0.122. The van der Waals surface area contributed by atoms with Crippen LogP contribution >= 0.6 is 27.5 Å². The van der Waals surface area contributed by atoms with Crippen molar-refractivity contribution in [2.45, 2.75) is 11.8 Å². The molecule has 4 nitrogen and oxygen atoms in total. The number of nitrogens with one attached hydrogen (secondary N) is 1. The summed E-state index contributed by atoms with van der Waals surface area (Å²) in [6, 6.07) is 9.95. The number of alkyl halides is 1. The van der Waals surface area contributed by atoms with Crippen LogP contribution in [0.1, 0.15) is 25.8 Å². The smallest absolute Gasteiger partial charge is 0.264 e. The fourth-order valence-corrected chi connectivity index (χ4v) is 2.52. The van der Waals surface area contributed by atoms with Gasteiger partial charge in [0.15, 0.2) is 0 Å². The first kappa shape index (κ1) is 13.2. The van der Waals surface area contributed by atoms with Crippen molar-refractivity contribution in [1.82, 2.24) is 14.9 Å². The molecule has 18 heavy (non-hydrogen) atoms. The molecule has 1 atom stereocenters. The van der Waals surface area contributed by atoms with Crippen molar-refractivity contribution in [3.8, 4) is 0 Å². The maximum Gasteiger partial charge on any atom is 0.264 e.